The molecule has 0 bridgehead atoms. The van der Waals surface area contributed by atoms with Crippen LogP contribution >= 0.6 is 0 Å². The van der Waals surface area contributed by atoms with Crippen molar-refractivity contribution in [1.29, 1.82) is 0 Å². The van der Waals surface area contributed by atoms with Gasteiger partial charge in [0.1, 0.15) is 0 Å². The van der Waals surface area contributed by atoms with Gasteiger partial charge in [0.2, 0.25) is 0 Å². The highest BCUT2D eigenvalue weighted by molar-refractivity contribution is 6.44. The van der Waals surface area contributed by atoms with Crippen molar-refractivity contribution in [2.45, 2.75) is 58.4 Å². The lowest BCUT2D eigenvalue weighted by molar-refractivity contribution is 0.212. The third-order valence-corrected chi connectivity index (χ3v) is 5.74. The molecule has 0 aliphatic heterocycles. The molecule has 0 aromatic heterocycles. The maximum atomic E-state index is 5.68. The Balaban J connectivity index is 1.96. The lowest BCUT2D eigenvalue weighted by atomic mass is 10.1. The highest BCUT2D eigenvalue weighted by Gasteiger charge is 2.10. The predicted molar refractivity (Wildman–Crippen MR) is 88.4 cm³/mol. The molecule has 0 unspecified atom stereocenters. The van der Waals surface area contributed by atoms with E-state index in [0.717, 1.165) is 13.2 Å². The van der Waals surface area contributed by atoms with E-state index in [9.17, 15) is 0 Å². The maximum absolute atomic E-state index is 5.68. The van der Waals surface area contributed by atoms with Gasteiger partial charge in [0.05, 0.1) is 0 Å². The van der Waals surface area contributed by atoms with Crippen LogP contribution in [-0.4, -0.2) is 22.5 Å². The second-order valence-electron chi connectivity index (χ2n) is 5.13. The molecule has 0 heterocycles. The van der Waals surface area contributed by atoms with Crippen LogP contribution in [0.5, 0.6) is 0 Å². The summed E-state index contributed by atoms with van der Waals surface area (Å²) in [7, 11) is -1.34. The van der Waals surface area contributed by atoms with Crippen molar-refractivity contribution in [3.05, 3.63) is 35.9 Å². The first-order chi connectivity index (χ1) is 9.86. The Kier molecular flexibility index (Phi) is 10.6. The zero-order valence-corrected chi connectivity index (χ0v) is 14.3. The van der Waals surface area contributed by atoms with Gasteiger partial charge in [0, 0.05) is 13.2 Å². The van der Waals surface area contributed by atoms with Gasteiger partial charge in [-0.2, -0.15) is 0 Å². The molecule has 0 spiro atoms. The number of unbranched alkanes of at least 4 members (excludes halogenated alkanes) is 4. The fourth-order valence-electron chi connectivity index (χ4n) is 2.40. The molecule has 1 rings (SSSR count). The summed E-state index contributed by atoms with van der Waals surface area (Å²) in [5.74, 6) is 0. The van der Waals surface area contributed by atoms with Gasteiger partial charge in [-0.1, -0.05) is 56.0 Å². The van der Waals surface area contributed by atoms with Crippen LogP contribution in [0.15, 0.2) is 30.3 Å². The molecule has 0 saturated heterocycles. The summed E-state index contributed by atoms with van der Waals surface area (Å²) >= 11 is 0. The lowest BCUT2D eigenvalue weighted by Crippen LogP contribution is -2.22. The Bertz CT molecular complexity index is 310. The smallest absolute Gasteiger partial charge is 0.321 e. The number of rotatable bonds is 12. The van der Waals surface area contributed by atoms with Gasteiger partial charge < -0.3 is 8.85 Å². The number of benzene rings is 1. The van der Waals surface area contributed by atoms with Crippen molar-refractivity contribution in [1.82, 2.24) is 0 Å². The minimum Gasteiger partial charge on any atom is -0.397 e. The van der Waals surface area contributed by atoms with Crippen molar-refractivity contribution in [2.75, 3.05) is 13.2 Å². The highest BCUT2D eigenvalue weighted by atomic mass is 28.3. The molecule has 1 aromatic carbocycles. The van der Waals surface area contributed by atoms with Gasteiger partial charge in [0.25, 0.3) is 0 Å². The second kappa shape index (κ2) is 12.1. The molecule has 20 heavy (non-hydrogen) atoms. The third-order valence-electron chi connectivity index (χ3n) is 3.45. The number of hydrogen-bond donors (Lipinski definition) is 0. The van der Waals surface area contributed by atoms with E-state index in [1.165, 1.54) is 50.1 Å². The molecule has 0 amide bonds. The van der Waals surface area contributed by atoms with E-state index >= 15 is 0 Å². The first-order valence-corrected chi connectivity index (χ1v) is 9.89. The largest absolute Gasteiger partial charge is 0.397 e. The first kappa shape index (κ1) is 17.4. The Morgan fingerprint density at radius 1 is 0.800 bits per heavy atom. The van der Waals surface area contributed by atoms with Crippen molar-refractivity contribution < 1.29 is 8.85 Å². The summed E-state index contributed by atoms with van der Waals surface area (Å²) in [5, 5.41) is 0. The molecule has 0 aliphatic rings. The Hall–Kier alpha value is -0.643. The minimum absolute atomic E-state index is 0.800. The Morgan fingerprint density at radius 3 is 2.05 bits per heavy atom. The van der Waals surface area contributed by atoms with Crippen molar-refractivity contribution in [2.24, 2.45) is 0 Å². The highest BCUT2D eigenvalue weighted by Crippen LogP contribution is 2.11. The third kappa shape index (κ3) is 8.51. The molecular formula is C17H30O2Si. The van der Waals surface area contributed by atoms with Crippen LogP contribution in [0.25, 0.3) is 0 Å². The summed E-state index contributed by atoms with van der Waals surface area (Å²) in [4.78, 5) is 0. The molecule has 3 heteroatoms. The van der Waals surface area contributed by atoms with Crippen LogP contribution in [0.4, 0.5) is 0 Å². The molecular weight excluding hydrogens is 264 g/mol. The molecule has 0 saturated carbocycles. The van der Waals surface area contributed by atoms with Gasteiger partial charge in [-0.05, 0) is 38.3 Å². The minimum atomic E-state index is -1.34. The molecule has 1 aromatic rings. The van der Waals surface area contributed by atoms with Crippen LogP contribution in [0.3, 0.4) is 0 Å². The van der Waals surface area contributed by atoms with Crippen molar-refractivity contribution in [3.63, 3.8) is 0 Å². The summed E-state index contributed by atoms with van der Waals surface area (Å²) in [6.45, 7) is 5.72. The zero-order valence-electron chi connectivity index (χ0n) is 13.1. The van der Waals surface area contributed by atoms with Gasteiger partial charge in [-0.25, -0.2) is 0 Å². The average Bonchev–Trinajstić information content (AvgIpc) is 2.47. The van der Waals surface area contributed by atoms with E-state index < -0.39 is 9.28 Å². The second-order valence-corrected chi connectivity index (χ2v) is 7.24. The maximum Gasteiger partial charge on any atom is 0.321 e. The molecule has 0 aliphatic carbocycles. The van der Waals surface area contributed by atoms with Crippen LogP contribution in [0.2, 0.25) is 6.04 Å². The monoisotopic (exact) mass is 294 g/mol. The van der Waals surface area contributed by atoms with Crippen LogP contribution < -0.4 is 0 Å². The lowest BCUT2D eigenvalue weighted by Gasteiger charge is -2.14. The molecule has 0 radical (unpaired) electrons. The van der Waals surface area contributed by atoms with Gasteiger partial charge in [0.15, 0.2) is 0 Å². The fourth-order valence-corrected chi connectivity index (χ4v) is 4.20. The van der Waals surface area contributed by atoms with E-state index in [4.69, 9.17) is 8.85 Å². The molecule has 0 atom stereocenters. The average molecular weight is 295 g/mol. The van der Waals surface area contributed by atoms with Crippen molar-refractivity contribution in [3.8, 4) is 0 Å². The Morgan fingerprint density at radius 2 is 1.40 bits per heavy atom. The molecule has 0 N–H and O–H groups in total. The standard InChI is InChI=1S/C17H30O2Si/c1-3-18-20(19-4-2)16-12-7-5-6-9-13-17-14-10-8-11-15-17/h8,10-11,14-15,20H,3-7,9,12-13,16H2,1-2H3. The number of aryl methyl sites for hydroxylation is 1. The van der Waals surface area contributed by atoms with Crippen LogP contribution in [0.1, 0.15) is 51.5 Å². The van der Waals surface area contributed by atoms with Gasteiger partial charge in [-0.3, -0.25) is 0 Å². The van der Waals surface area contributed by atoms with E-state index in [2.05, 4.69) is 44.2 Å². The predicted octanol–water partition coefficient (Wildman–Crippen LogP) is 4.47. The summed E-state index contributed by atoms with van der Waals surface area (Å²) in [6, 6.07) is 11.9. The fraction of sp³-hybridized carbons (Fsp3) is 0.647. The first-order valence-electron chi connectivity index (χ1n) is 8.14. The topological polar surface area (TPSA) is 18.5 Å². The van der Waals surface area contributed by atoms with E-state index in [-0.39, 0.29) is 0 Å². The normalized spacial score (nSPS) is 11.2. The Labute approximate surface area is 126 Å². The zero-order chi connectivity index (χ0) is 14.5. The van der Waals surface area contributed by atoms with E-state index in [1.807, 2.05) is 0 Å². The quantitative estimate of drug-likeness (QED) is 0.418. The summed E-state index contributed by atoms with van der Waals surface area (Å²) in [5.41, 5.74) is 1.47. The summed E-state index contributed by atoms with van der Waals surface area (Å²) in [6.07, 6.45) is 7.79. The molecule has 2 nitrogen and oxygen atoms in total. The SMILES string of the molecule is CCO[SiH](CCCCCCCc1ccccc1)OCC. The van der Waals surface area contributed by atoms with E-state index in [0.29, 0.717) is 0 Å². The van der Waals surface area contributed by atoms with Gasteiger partial charge in [-0.15, -0.1) is 0 Å². The van der Waals surface area contributed by atoms with Gasteiger partial charge >= 0.3 is 9.28 Å². The molecule has 0 fully saturated rings. The van der Waals surface area contributed by atoms with E-state index in [1.54, 1.807) is 0 Å². The van der Waals surface area contributed by atoms with Crippen molar-refractivity contribution >= 4 is 9.28 Å². The number of hydrogen-bond acceptors (Lipinski definition) is 2. The van der Waals surface area contributed by atoms with Crippen LogP contribution in [0, 0.1) is 0 Å². The van der Waals surface area contributed by atoms with Crippen LogP contribution in [-0.2, 0) is 15.3 Å². The molecule has 114 valence electrons. The summed E-state index contributed by atoms with van der Waals surface area (Å²) < 4.78 is 11.4.